The maximum absolute atomic E-state index is 4.50. The van der Waals surface area contributed by atoms with Crippen molar-refractivity contribution in [2.45, 2.75) is 6.92 Å². The van der Waals surface area contributed by atoms with Crippen molar-refractivity contribution in [3.05, 3.63) is 67.0 Å². The van der Waals surface area contributed by atoms with Crippen LogP contribution in [0, 0.1) is 12.3 Å². The molecule has 1 aromatic carbocycles. The largest absolute Gasteiger partial charge is 0.395 e. The van der Waals surface area contributed by atoms with Crippen LogP contribution in [0.1, 0.15) is 12.6 Å². The monoisotopic (exact) mass is 368 g/mol. The standard InChI is InChI=1S/C16H13N3S.Y/c1-3-7-12(8-4-2)15-11-17-16-18(15)13-9-5-6-10-14(13)19(16)20;/h3-6,8-10,20H,1H2,2H3;/q-2;/b8-4-;. The summed E-state index contributed by atoms with van der Waals surface area (Å²) >= 11 is 4.50. The second kappa shape index (κ2) is 6.78. The van der Waals surface area contributed by atoms with Gasteiger partial charge in [-0.1, -0.05) is 31.9 Å². The van der Waals surface area contributed by atoms with E-state index in [9.17, 15) is 0 Å². The van der Waals surface area contributed by atoms with Gasteiger partial charge in [0.15, 0.2) is 0 Å². The Balaban J connectivity index is 0.00000161. The van der Waals surface area contributed by atoms with Gasteiger partial charge in [-0.05, 0) is 12.1 Å². The van der Waals surface area contributed by atoms with Crippen LogP contribution in [0.2, 0.25) is 0 Å². The van der Waals surface area contributed by atoms with Crippen molar-refractivity contribution in [2.75, 3.05) is 0 Å². The summed E-state index contributed by atoms with van der Waals surface area (Å²) in [5.41, 5.74) is 3.78. The van der Waals surface area contributed by atoms with Crippen molar-refractivity contribution < 1.29 is 32.7 Å². The van der Waals surface area contributed by atoms with Crippen LogP contribution in [-0.2, 0) is 32.7 Å². The molecule has 2 aromatic heterocycles. The van der Waals surface area contributed by atoms with Gasteiger partial charge in [-0.25, -0.2) is 11.6 Å². The zero-order chi connectivity index (χ0) is 14.1. The summed E-state index contributed by atoms with van der Waals surface area (Å²) < 4.78 is 3.78. The van der Waals surface area contributed by atoms with Gasteiger partial charge in [0.2, 0.25) is 0 Å². The number of allylic oxidation sites excluding steroid dienone is 5. The Morgan fingerprint density at radius 3 is 2.76 bits per heavy atom. The molecule has 0 aliphatic heterocycles. The van der Waals surface area contributed by atoms with Gasteiger partial charge in [-0.3, -0.25) is 0 Å². The van der Waals surface area contributed by atoms with E-state index in [1.165, 1.54) is 0 Å². The molecule has 0 atom stereocenters. The van der Waals surface area contributed by atoms with E-state index in [1.54, 1.807) is 10.0 Å². The fraction of sp³-hybridized carbons (Fsp3) is 0.0625. The van der Waals surface area contributed by atoms with Crippen LogP contribution in [0.25, 0.3) is 22.4 Å². The van der Waals surface area contributed by atoms with Gasteiger partial charge >= 0.3 is 0 Å². The minimum absolute atomic E-state index is 0. The first-order valence-electron chi connectivity index (χ1n) is 6.24. The number of hydrogen-bond donors (Lipinski definition) is 1. The van der Waals surface area contributed by atoms with Crippen LogP contribution in [-0.4, -0.2) is 13.4 Å². The van der Waals surface area contributed by atoms with E-state index in [2.05, 4.69) is 36.7 Å². The molecule has 1 radical (unpaired) electrons. The van der Waals surface area contributed by atoms with Gasteiger partial charge < -0.3 is 13.4 Å². The molecule has 0 unspecified atom stereocenters. The number of imidazole rings is 2. The fourth-order valence-electron chi connectivity index (χ4n) is 2.27. The Morgan fingerprint density at radius 2 is 2.10 bits per heavy atom. The number of benzene rings is 1. The average Bonchev–Trinajstić information content (AvgIpc) is 3.00. The number of aromatic nitrogens is 3. The van der Waals surface area contributed by atoms with Gasteiger partial charge in [0.25, 0.3) is 0 Å². The molecule has 21 heavy (non-hydrogen) atoms. The minimum atomic E-state index is 0. The van der Waals surface area contributed by atoms with Gasteiger partial charge in [0.1, 0.15) is 5.78 Å². The second-order valence-electron chi connectivity index (χ2n) is 4.27. The molecule has 2 heterocycles. The minimum Gasteiger partial charge on any atom is -0.395 e. The molecule has 0 aliphatic carbocycles. The Morgan fingerprint density at radius 1 is 1.38 bits per heavy atom. The molecule has 3 rings (SSSR count). The fourth-order valence-corrected chi connectivity index (χ4v) is 2.57. The first-order chi connectivity index (χ1) is 9.77. The Hall–Kier alpha value is -1.10. The predicted molar refractivity (Wildman–Crippen MR) is 85.6 cm³/mol. The quantitative estimate of drug-likeness (QED) is 0.425. The van der Waals surface area contributed by atoms with E-state index in [0.29, 0.717) is 0 Å². The normalized spacial score (nSPS) is 12.2. The van der Waals surface area contributed by atoms with Gasteiger partial charge in [-0.2, -0.15) is 18.7 Å². The third-order valence-electron chi connectivity index (χ3n) is 3.07. The molecular weight excluding hydrogens is 355 g/mol. The van der Waals surface area contributed by atoms with Crippen LogP contribution in [0.4, 0.5) is 0 Å². The number of fused-ring (bicyclic) bond motifs is 3. The van der Waals surface area contributed by atoms with Crippen molar-refractivity contribution in [3.8, 4) is 0 Å². The molecule has 0 spiro atoms. The molecule has 3 aromatic rings. The van der Waals surface area contributed by atoms with Crippen LogP contribution in [0.15, 0.2) is 49.1 Å². The number of para-hydroxylation sites is 2. The zero-order valence-corrected chi connectivity index (χ0v) is 15.3. The van der Waals surface area contributed by atoms with E-state index >= 15 is 0 Å². The number of rotatable bonds is 3. The van der Waals surface area contributed by atoms with Gasteiger partial charge in [-0.15, -0.1) is 18.0 Å². The summed E-state index contributed by atoms with van der Waals surface area (Å²) in [6.45, 7) is 5.67. The molecule has 0 aliphatic rings. The van der Waals surface area contributed by atoms with Crippen molar-refractivity contribution in [2.24, 2.45) is 0 Å². The Bertz CT molecular complexity index is 855. The number of thiol groups is 1. The third kappa shape index (κ3) is 2.68. The number of nitrogens with zero attached hydrogens (tertiary/aromatic N) is 3. The molecule has 103 valence electrons. The molecule has 0 saturated carbocycles. The first-order valence-corrected chi connectivity index (χ1v) is 6.64. The average molecular weight is 368 g/mol. The summed E-state index contributed by atoms with van der Waals surface area (Å²) in [7, 11) is 0. The van der Waals surface area contributed by atoms with Gasteiger partial charge in [0, 0.05) is 32.7 Å². The summed E-state index contributed by atoms with van der Waals surface area (Å²) in [6.07, 6.45) is 11.7. The summed E-state index contributed by atoms with van der Waals surface area (Å²) in [4.78, 5) is 4.34. The Labute approximate surface area is 154 Å². The van der Waals surface area contributed by atoms with E-state index in [-0.39, 0.29) is 32.7 Å². The van der Waals surface area contributed by atoms with Crippen molar-refractivity contribution in [1.29, 1.82) is 0 Å². The SMILES string of the molecule is C=C[C-]=C(/C=C\C)c1[c-]nc2n(S)c3ccccc3n12.[Y]. The molecule has 0 amide bonds. The molecule has 0 bridgehead atoms. The number of hydrogen-bond acceptors (Lipinski definition) is 2. The summed E-state index contributed by atoms with van der Waals surface area (Å²) in [5.74, 6) is 0.734. The maximum atomic E-state index is 4.50. The van der Waals surface area contributed by atoms with Crippen LogP contribution >= 0.6 is 12.8 Å². The van der Waals surface area contributed by atoms with Crippen molar-refractivity contribution in [1.82, 2.24) is 13.4 Å². The molecular formula is C16H13N3SY-2. The van der Waals surface area contributed by atoms with E-state index in [0.717, 1.165) is 28.1 Å². The molecule has 0 fully saturated rings. The predicted octanol–water partition coefficient (Wildman–Crippen LogP) is 3.73. The van der Waals surface area contributed by atoms with Crippen LogP contribution in [0.5, 0.6) is 0 Å². The third-order valence-corrected chi connectivity index (χ3v) is 3.47. The summed E-state index contributed by atoms with van der Waals surface area (Å²) in [5, 5.41) is 0. The van der Waals surface area contributed by atoms with Crippen LogP contribution in [0.3, 0.4) is 0 Å². The van der Waals surface area contributed by atoms with Gasteiger partial charge in [0.05, 0.1) is 11.0 Å². The van der Waals surface area contributed by atoms with E-state index in [4.69, 9.17) is 0 Å². The maximum Gasteiger partial charge on any atom is 0.111 e. The van der Waals surface area contributed by atoms with E-state index in [1.807, 2.05) is 47.7 Å². The molecule has 0 N–H and O–H groups in total. The Kier molecular flexibility index (Phi) is 5.25. The zero-order valence-electron chi connectivity index (χ0n) is 11.6. The van der Waals surface area contributed by atoms with Crippen LogP contribution < -0.4 is 0 Å². The van der Waals surface area contributed by atoms with Crippen molar-refractivity contribution >= 4 is 35.2 Å². The van der Waals surface area contributed by atoms with E-state index < -0.39 is 0 Å². The first kappa shape index (κ1) is 16.3. The smallest absolute Gasteiger partial charge is 0.111 e. The topological polar surface area (TPSA) is 22.2 Å². The van der Waals surface area contributed by atoms with Crippen molar-refractivity contribution in [3.63, 3.8) is 0 Å². The second-order valence-corrected chi connectivity index (χ2v) is 4.67. The summed E-state index contributed by atoms with van der Waals surface area (Å²) in [6, 6.07) is 8.03. The molecule has 0 saturated heterocycles. The molecule has 5 heteroatoms. The molecule has 3 nitrogen and oxygen atoms in total.